The van der Waals surface area contributed by atoms with E-state index in [1.807, 2.05) is 26.0 Å². The van der Waals surface area contributed by atoms with E-state index in [9.17, 15) is 4.79 Å². The summed E-state index contributed by atoms with van der Waals surface area (Å²) in [5, 5.41) is 0. The largest absolute Gasteiger partial charge is 0.330 e. The van der Waals surface area contributed by atoms with Crippen molar-refractivity contribution in [3.8, 4) is 0 Å². The molecule has 1 aromatic heterocycles. The fourth-order valence-corrected chi connectivity index (χ4v) is 1.84. The first-order valence-corrected chi connectivity index (χ1v) is 4.77. The van der Waals surface area contributed by atoms with E-state index in [4.69, 9.17) is 5.73 Å². The van der Waals surface area contributed by atoms with E-state index >= 15 is 0 Å². The highest BCUT2D eigenvalue weighted by Gasteiger charge is 2.14. The van der Waals surface area contributed by atoms with Gasteiger partial charge in [0.15, 0.2) is 5.78 Å². The minimum Gasteiger partial charge on any atom is -0.330 e. The number of rotatable bonds is 3. The number of hydrogen-bond acceptors (Lipinski definition) is 3. The Hall–Kier alpha value is -0.670. The Balaban J connectivity index is 2.78. The van der Waals surface area contributed by atoms with E-state index in [1.54, 1.807) is 0 Å². The quantitative estimate of drug-likeness (QED) is 0.726. The van der Waals surface area contributed by atoms with Crippen LogP contribution >= 0.6 is 11.3 Å². The standard InChI is InChI=1S/C9H13NOS/c1-6(5-10)9(11)8-4-3-7(2)12-8/h3-4,6H,5,10H2,1-2H3. The number of ketones is 1. The number of thiophene rings is 1. The molecule has 1 atom stereocenters. The molecule has 66 valence electrons. The second kappa shape index (κ2) is 3.83. The maximum Gasteiger partial charge on any atom is 0.176 e. The second-order valence-corrected chi connectivity index (χ2v) is 4.20. The van der Waals surface area contributed by atoms with E-state index < -0.39 is 0 Å². The average Bonchev–Trinajstić information content (AvgIpc) is 2.49. The highest BCUT2D eigenvalue weighted by Crippen LogP contribution is 2.18. The van der Waals surface area contributed by atoms with E-state index in [0.717, 1.165) is 4.88 Å². The van der Waals surface area contributed by atoms with Crippen LogP contribution in [-0.4, -0.2) is 12.3 Å². The fourth-order valence-electron chi connectivity index (χ4n) is 0.917. The summed E-state index contributed by atoms with van der Waals surface area (Å²) >= 11 is 1.53. The number of carbonyl (C=O) groups excluding carboxylic acids is 1. The molecule has 0 aliphatic rings. The van der Waals surface area contributed by atoms with E-state index in [2.05, 4.69) is 0 Å². The molecule has 1 aromatic rings. The molecule has 0 aliphatic carbocycles. The highest BCUT2D eigenvalue weighted by molar-refractivity contribution is 7.14. The van der Waals surface area contributed by atoms with Crippen molar-refractivity contribution in [3.63, 3.8) is 0 Å². The Morgan fingerprint density at radius 2 is 2.33 bits per heavy atom. The van der Waals surface area contributed by atoms with E-state index in [0.29, 0.717) is 6.54 Å². The molecule has 2 N–H and O–H groups in total. The van der Waals surface area contributed by atoms with E-state index in [-0.39, 0.29) is 11.7 Å². The first-order valence-electron chi connectivity index (χ1n) is 3.96. The van der Waals surface area contributed by atoms with Gasteiger partial charge in [0.2, 0.25) is 0 Å². The molecule has 3 heteroatoms. The van der Waals surface area contributed by atoms with Gasteiger partial charge in [-0.25, -0.2) is 0 Å². The van der Waals surface area contributed by atoms with Crippen molar-refractivity contribution >= 4 is 17.1 Å². The van der Waals surface area contributed by atoms with Gasteiger partial charge >= 0.3 is 0 Å². The molecule has 0 saturated carbocycles. The molecule has 0 fully saturated rings. The van der Waals surface area contributed by atoms with Gasteiger partial charge in [-0.3, -0.25) is 4.79 Å². The zero-order chi connectivity index (χ0) is 9.14. The van der Waals surface area contributed by atoms with Gasteiger partial charge in [-0.2, -0.15) is 0 Å². The van der Waals surface area contributed by atoms with Gasteiger partial charge < -0.3 is 5.73 Å². The third-order valence-electron chi connectivity index (χ3n) is 1.78. The molecular formula is C9H13NOS. The molecule has 1 unspecified atom stereocenters. The summed E-state index contributed by atoms with van der Waals surface area (Å²) in [4.78, 5) is 13.5. The SMILES string of the molecule is Cc1ccc(C(=O)C(C)CN)s1. The Labute approximate surface area is 76.4 Å². The lowest BCUT2D eigenvalue weighted by atomic mass is 10.1. The summed E-state index contributed by atoms with van der Waals surface area (Å²) in [5.74, 6) is 0.110. The van der Waals surface area contributed by atoms with Crippen molar-refractivity contribution in [2.75, 3.05) is 6.54 Å². The Morgan fingerprint density at radius 1 is 1.67 bits per heavy atom. The van der Waals surface area contributed by atoms with Gasteiger partial charge in [0.25, 0.3) is 0 Å². The van der Waals surface area contributed by atoms with Crippen molar-refractivity contribution in [1.29, 1.82) is 0 Å². The van der Waals surface area contributed by atoms with Crippen LogP contribution in [-0.2, 0) is 0 Å². The van der Waals surface area contributed by atoms with Crippen LogP contribution in [0.3, 0.4) is 0 Å². The molecule has 0 saturated heterocycles. The van der Waals surface area contributed by atoms with Crippen LogP contribution < -0.4 is 5.73 Å². The molecule has 0 radical (unpaired) electrons. The maximum absolute atomic E-state index is 11.5. The third-order valence-corrected chi connectivity index (χ3v) is 2.80. The van der Waals surface area contributed by atoms with Crippen molar-refractivity contribution < 1.29 is 4.79 Å². The Morgan fingerprint density at radius 3 is 2.75 bits per heavy atom. The van der Waals surface area contributed by atoms with Gasteiger partial charge in [-0.1, -0.05) is 6.92 Å². The normalized spacial score (nSPS) is 12.9. The number of carbonyl (C=O) groups is 1. The number of Topliss-reactive ketones (excluding diaryl/α,β-unsaturated/α-hetero) is 1. The van der Waals surface area contributed by atoms with Gasteiger partial charge in [0, 0.05) is 17.3 Å². The first-order chi connectivity index (χ1) is 5.65. The summed E-state index contributed by atoms with van der Waals surface area (Å²) in [5.41, 5.74) is 5.40. The maximum atomic E-state index is 11.5. The van der Waals surface area contributed by atoms with Crippen molar-refractivity contribution in [2.24, 2.45) is 11.7 Å². The fraction of sp³-hybridized carbons (Fsp3) is 0.444. The summed E-state index contributed by atoms with van der Waals surface area (Å²) in [6.45, 7) is 4.28. The topological polar surface area (TPSA) is 43.1 Å². The minimum absolute atomic E-state index is 0.0527. The molecule has 0 bridgehead atoms. The molecule has 0 aromatic carbocycles. The molecule has 1 heterocycles. The monoisotopic (exact) mass is 183 g/mol. The summed E-state index contributed by atoms with van der Waals surface area (Å²) < 4.78 is 0. The van der Waals surface area contributed by atoms with Gasteiger partial charge in [-0.15, -0.1) is 11.3 Å². The molecule has 1 rings (SSSR count). The average molecular weight is 183 g/mol. The molecular weight excluding hydrogens is 170 g/mol. The smallest absolute Gasteiger partial charge is 0.176 e. The number of nitrogens with two attached hydrogens (primary N) is 1. The molecule has 0 spiro atoms. The highest BCUT2D eigenvalue weighted by atomic mass is 32.1. The number of hydrogen-bond donors (Lipinski definition) is 1. The van der Waals surface area contributed by atoms with Crippen LogP contribution in [0.25, 0.3) is 0 Å². The summed E-state index contributed by atoms with van der Waals surface area (Å²) in [7, 11) is 0. The zero-order valence-corrected chi connectivity index (χ0v) is 8.15. The first kappa shape index (κ1) is 9.42. The van der Waals surface area contributed by atoms with Crippen LogP contribution in [0.15, 0.2) is 12.1 Å². The van der Waals surface area contributed by atoms with Crippen molar-refractivity contribution in [1.82, 2.24) is 0 Å². The lowest BCUT2D eigenvalue weighted by molar-refractivity contribution is 0.0938. The van der Waals surface area contributed by atoms with Gasteiger partial charge in [-0.05, 0) is 19.1 Å². The Bertz CT molecular complexity index is 280. The molecule has 0 amide bonds. The van der Waals surface area contributed by atoms with E-state index in [1.165, 1.54) is 16.2 Å². The van der Waals surface area contributed by atoms with Crippen molar-refractivity contribution in [2.45, 2.75) is 13.8 Å². The Kier molecular flexibility index (Phi) is 3.00. The second-order valence-electron chi connectivity index (χ2n) is 2.91. The lowest BCUT2D eigenvalue weighted by Gasteiger charge is -2.03. The molecule has 12 heavy (non-hydrogen) atoms. The van der Waals surface area contributed by atoms with Crippen LogP contribution in [0.2, 0.25) is 0 Å². The lowest BCUT2D eigenvalue weighted by Crippen LogP contribution is -2.19. The van der Waals surface area contributed by atoms with Crippen molar-refractivity contribution in [3.05, 3.63) is 21.9 Å². The van der Waals surface area contributed by atoms with Crippen LogP contribution in [0.4, 0.5) is 0 Å². The predicted octanol–water partition coefficient (Wildman–Crippen LogP) is 1.83. The molecule has 0 aliphatic heterocycles. The summed E-state index contributed by atoms with van der Waals surface area (Å²) in [6.07, 6.45) is 0. The third kappa shape index (κ3) is 1.93. The summed E-state index contributed by atoms with van der Waals surface area (Å²) in [6, 6.07) is 3.83. The van der Waals surface area contributed by atoms with Crippen LogP contribution in [0.5, 0.6) is 0 Å². The number of aryl methyl sites for hydroxylation is 1. The zero-order valence-electron chi connectivity index (χ0n) is 7.33. The molecule has 2 nitrogen and oxygen atoms in total. The minimum atomic E-state index is -0.0527. The predicted molar refractivity (Wildman–Crippen MR) is 51.6 cm³/mol. The van der Waals surface area contributed by atoms with Gasteiger partial charge in [0.05, 0.1) is 4.88 Å². The van der Waals surface area contributed by atoms with Crippen LogP contribution in [0.1, 0.15) is 21.5 Å². The van der Waals surface area contributed by atoms with Gasteiger partial charge in [0.1, 0.15) is 0 Å². The van der Waals surface area contributed by atoms with Crippen LogP contribution in [0, 0.1) is 12.8 Å².